The summed E-state index contributed by atoms with van der Waals surface area (Å²) in [6, 6.07) is 0. The Bertz CT molecular complexity index is 77.7. The highest BCUT2D eigenvalue weighted by molar-refractivity contribution is 7.84. The molecule has 0 saturated carbocycles. The Balaban J connectivity index is 0. The van der Waals surface area contributed by atoms with E-state index in [1.807, 2.05) is 0 Å². The minimum atomic E-state index is -1.91. The molecule has 0 amide bonds. The summed E-state index contributed by atoms with van der Waals surface area (Å²) in [7, 11) is 0. The van der Waals surface area contributed by atoms with Gasteiger partial charge in [-0.3, -0.25) is 0 Å². The average Bonchev–Trinajstić information content (AvgIpc) is 1.65. The first-order chi connectivity index (χ1) is 3.18. The molecule has 0 rings (SSSR count). The van der Waals surface area contributed by atoms with Gasteiger partial charge in [0.2, 0.25) is 0 Å². The molecule has 0 fully saturated rings. The van der Waals surface area contributed by atoms with Crippen LogP contribution in [0.1, 0.15) is 0 Å². The lowest BCUT2D eigenvalue weighted by atomic mass is 10.8. The van der Waals surface area contributed by atoms with Crippen molar-refractivity contribution in [1.29, 1.82) is 0 Å². The summed E-state index contributed by atoms with van der Waals surface area (Å²) in [5, 5.41) is -0.705. The van der Waals surface area contributed by atoms with Crippen molar-refractivity contribution in [1.82, 2.24) is 0 Å². The van der Waals surface area contributed by atoms with Gasteiger partial charge in [-0.2, -0.15) is 12.6 Å². The lowest BCUT2D eigenvalue weighted by Crippen LogP contribution is -2.26. The third kappa shape index (κ3) is 4.54. The van der Waals surface area contributed by atoms with E-state index in [1.54, 1.807) is 0 Å². The fourth-order valence-corrected chi connectivity index (χ4v) is 0.574. The van der Waals surface area contributed by atoms with Crippen LogP contribution in [0.15, 0.2) is 0 Å². The second kappa shape index (κ2) is 5.52. The van der Waals surface area contributed by atoms with Gasteiger partial charge >= 0.3 is 0 Å². The minimum Gasteiger partial charge on any atom is -0.412 e. The quantitative estimate of drug-likeness (QED) is 0.341. The molecule has 52 valence electrons. The highest BCUT2D eigenvalue weighted by Crippen LogP contribution is 1.85. The molecule has 0 aromatic rings. The molecule has 0 aromatic carbocycles. The van der Waals surface area contributed by atoms with Gasteiger partial charge in [-0.25, -0.2) is 4.21 Å². The molecule has 8 heavy (non-hydrogen) atoms. The number of rotatable bonds is 2. The summed E-state index contributed by atoms with van der Waals surface area (Å²) in [5.74, 6) is 0.239. The number of hydrogen-bond acceptors (Lipinski definition) is 3. The smallest absolute Gasteiger partial charge is 0.171 e. The van der Waals surface area contributed by atoms with Crippen LogP contribution in [0, 0.1) is 0 Å². The molecule has 0 radical (unpaired) electrons. The van der Waals surface area contributed by atoms with Crippen molar-refractivity contribution in [3.8, 4) is 0 Å². The molecule has 0 saturated heterocycles. The van der Waals surface area contributed by atoms with Crippen molar-refractivity contribution < 1.29 is 14.2 Å². The summed E-state index contributed by atoms with van der Waals surface area (Å²) >= 11 is 1.77. The molecule has 0 aliphatic rings. The van der Waals surface area contributed by atoms with Crippen molar-refractivity contribution in [2.45, 2.75) is 5.37 Å². The van der Waals surface area contributed by atoms with Crippen LogP contribution in [0.25, 0.3) is 0 Å². The number of thiol groups is 1. The summed E-state index contributed by atoms with van der Waals surface area (Å²) < 4.78 is 18.0. The van der Waals surface area contributed by atoms with Crippen LogP contribution in [0.2, 0.25) is 0 Å². The molecular formula is C2H9NO3S2. The third-order valence-corrected chi connectivity index (χ3v) is 1.76. The monoisotopic (exact) mass is 159 g/mol. The Kier molecular flexibility index (Phi) is 7.73. The van der Waals surface area contributed by atoms with Crippen molar-refractivity contribution in [3.63, 3.8) is 0 Å². The molecule has 2 atom stereocenters. The molecule has 4 nitrogen and oxygen atoms in total. The van der Waals surface area contributed by atoms with E-state index >= 15 is 0 Å². The SMILES string of the molecule is NC(CS)S(=O)O.O. The van der Waals surface area contributed by atoms with Crippen LogP contribution >= 0.6 is 12.6 Å². The maximum Gasteiger partial charge on any atom is 0.171 e. The predicted octanol–water partition coefficient (Wildman–Crippen LogP) is -1.40. The second-order valence-corrected chi connectivity index (χ2v) is 2.52. The Morgan fingerprint density at radius 3 is 2.25 bits per heavy atom. The van der Waals surface area contributed by atoms with E-state index in [9.17, 15) is 4.21 Å². The molecule has 0 aromatic heterocycles. The van der Waals surface area contributed by atoms with E-state index in [-0.39, 0.29) is 11.2 Å². The standard InChI is InChI=1S/C2H7NO2S2.H2O/c3-2(1-6)7(4)5;/h2,6H,1,3H2,(H,4,5);1H2. The molecule has 0 aliphatic heterocycles. The average molecular weight is 159 g/mol. The maximum atomic E-state index is 9.87. The molecule has 0 heterocycles. The van der Waals surface area contributed by atoms with Gasteiger partial charge in [-0.1, -0.05) is 0 Å². The first kappa shape index (κ1) is 11.2. The Morgan fingerprint density at radius 1 is 1.88 bits per heavy atom. The molecular weight excluding hydrogens is 150 g/mol. The molecule has 5 N–H and O–H groups in total. The highest BCUT2D eigenvalue weighted by Gasteiger charge is 2.03. The minimum absolute atomic E-state index is 0. The van der Waals surface area contributed by atoms with Gasteiger partial charge in [0.05, 0.1) is 0 Å². The van der Waals surface area contributed by atoms with E-state index in [4.69, 9.17) is 10.3 Å². The zero-order chi connectivity index (χ0) is 5.86. The van der Waals surface area contributed by atoms with E-state index < -0.39 is 16.5 Å². The van der Waals surface area contributed by atoms with Crippen molar-refractivity contribution in [2.24, 2.45) is 5.73 Å². The molecule has 0 spiro atoms. The number of nitrogens with two attached hydrogens (primary N) is 1. The summed E-state index contributed by atoms with van der Waals surface area (Å²) in [6.07, 6.45) is 0. The first-order valence-electron chi connectivity index (χ1n) is 1.64. The van der Waals surface area contributed by atoms with Gasteiger partial charge in [0, 0.05) is 5.75 Å². The molecule has 0 bridgehead atoms. The van der Waals surface area contributed by atoms with Gasteiger partial charge in [0.15, 0.2) is 11.1 Å². The van der Waals surface area contributed by atoms with Gasteiger partial charge in [-0.15, -0.1) is 0 Å². The van der Waals surface area contributed by atoms with E-state index in [1.165, 1.54) is 0 Å². The van der Waals surface area contributed by atoms with Crippen LogP contribution < -0.4 is 5.73 Å². The summed E-state index contributed by atoms with van der Waals surface area (Å²) in [5.41, 5.74) is 4.99. The first-order valence-corrected chi connectivity index (χ1v) is 3.45. The van der Waals surface area contributed by atoms with Gasteiger partial charge < -0.3 is 15.8 Å². The fourth-order valence-electron chi connectivity index (χ4n) is 0.0638. The highest BCUT2D eigenvalue weighted by atomic mass is 32.2. The lowest BCUT2D eigenvalue weighted by Gasteiger charge is -1.97. The van der Waals surface area contributed by atoms with Crippen LogP contribution in [0.4, 0.5) is 0 Å². The van der Waals surface area contributed by atoms with Crippen LogP contribution in [0.3, 0.4) is 0 Å². The largest absolute Gasteiger partial charge is 0.412 e. The van der Waals surface area contributed by atoms with Gasteiger partial charge in [0.1, 0.15) is 5.37 Å². The van der Waals surface area contributed by atoms with Crippen LogP contribution in [-0.2, 0) is 11.1 Å². The topological polar surface area (TPSA) is 94.8 Å². The zero-order valence-corrected chi connectivity index (χ0v) is 5.78. The lowest BCUT2D eigenvalue weighted by molar-refractivity contribution is 0.554. The second-order valence-electron chi connectivity index (χ2n) is 0.997. The number of hydrogen-bond donors (Lipinski definition) is 3. The van der Waals surface area contributed by atoms with E-state index in [0.29, 0.717) is 0 Å². The van der Waals surface area contributed by atoms with E-state index in [2.05, 4.69) is 12.6 Å². The molecule has 2 unspecified atom stereocenters. The zero-order valence-electron chi connectivity index (χ0n) is 4.07. The maximum absolute atomic E-state index is 9.87. The fraction of sp³-hybridized carbons (Fsp3) is 1.00. The van der Waals surface area contributed by atoms with Gasteiger partial charge in [-0.05, 0) is 0 Å². The van der Waals surface area contributed by atoms with Crippen molar-refractivity contribution in [3.05, 3.63) is 0 Å². The Labute approximate surface area is 55.5 Å². The third-order valence-electron chi connectivity index (χ3n) is 0.439. The Morgan fingerprint density at radius 2 is 2.25 bits per heavy atom. The normalized spacial score (nSPS) is 16.4. The van der Waals surface area contributed by atoms with Crippen molar-refractivity contribution >= 4 is 23.7 Å². The van der Waals surface area contributed by atoms with Crippen molar-refractivity contribution in [2.75, 3.05) is 5.75 Å². The predicted molar refractivity (Wildman–Crippen MR) is 36.2 cm³/mol. The van der Waals surface area contributed by atoms with Crippen LogP contribution in [-0.4, -0.2) is 25.4 Å². The summed E-state index contributed by atoms with van der Waals surface area (Å²) in [6.45, 7) is 0. The summed E-state index contributed by atoms with van der Waals surface area (Å²) in [4.78, 5) is 0. The molecule has 0 aliphatic carbocycles. The van der Waals surface area contributed by atoms with E-state index in [0.717, 1.165) is 0 Å². The van der Waals surface area contributed by atoms with Crippen LogP contribution in [0.5, 0.6) is 0 Å². The Hall–Kier alpha value is 0.380. The van der Waals surface area contributed by atoms with Gasteiger partial charge in [0.25, 0.3) is 0 Å². The molecule has 6 heteroatoms.